The second-order valence-corrected chi connectivity index (χ2v) is 7.32. The van der Waals surface area contributed by atoms with Gasteiger partial charge in [-0.3, -0.25) is 4.79 Å². The molecule has 0 saturated heterocycles. The maximum Gasteiger partial charge on any atom is 0.234 e. The van der Waals surface area contributed by atoms with Crippen LogP contribution < -0.4 is 5.32 Å². The lowest BCUT2D eigenvalue weighted by Gasteiger charge is -2.08. The Morgan fingerprint density at radius 1 is 1.04 bits per heavy atom. The van der Waals surface area contributed by atoms with Gasteiger partial charge in [-0.05, 0) is 61.0 Å². The fourth-order valence-corrected chi connectivity index (χ4v) is 3.46. The maximum atomic E-state index is 13.1. The number of halogens is 1. The quantitative estimate of drug-likeness (QED) is 0.504. The molecule has 5 nitrogen and oxygen atoms in total. The minimum atomic E-state index is -0.310. The van der Waals surface area contributed by atoms with Crippen molar-refractivity contribution >= 4 is 34.4 Å². The normalized spacial score (nSPS) is 10.9. The molecule has 4 rings (SSSR count). The van der Waals surface area contributed by atoms with Gasteiger partial charge in [0.2, 0.25) is 5.91 Å². The second kappa shape index (κ2) is 7.82. The number of aryl methyl sites for hydroxylation is 1. The van der Waals surface area contributed by atoms with Crippen LogP contribution in [0.2, 0.25) is 0 Å². The van der Waals surface area contributed by atoms with Crippen LogP contribution >= 0.6 is 11.8 Å². The zero-order chi connectivity index (χ0) is 19.5. The van der Waals surface area contributed by atoms with Crippen molar-refractivity contribution in [2.24, 2.45) is 0 Å². The lowest BCUT2D eigenvalue weighted by Crippen LogP contribution is -2.14. The molecule has 0 aliphatic heterocycles. The summed E-state index contributed by atoms with van der Waals surface area (Å²) >= 11 is 1.49. The average molecular weight is 392 g/mol. The van der Waals surface area contributed by atoms with Gasteiger partial charge in [0.25, 0.3) is 0 Å². The minimum absolute atomic E-state index is 0.0813. The number of fused-ring (bicyclic) bond motifs is 1. The molecule has 0 unspecified atom stereocenters. The van der Waals surface area contributed by atoms with Gasteiger partial charge in [-0.15, -0.1) is 22.0 Å². The van der Waals surface area contributed by atoms with Crippen molar-refractivity contribution in [3.8, 4) is 5.69 Å². The average Bonchev–Trinajstić information content (AvgIpc) is 3.10. The number of thioether (sulfide) groups is 1. The predicted octanol–water partition coefficient (Wildman–Crippen LogP) is 4.60. The minimum Gasteiger partial charge on any atom is -0.325 e. The summed E-state index contributed by atoms with van der Waals surface area (Å²) in [7, 11) is 0. The molecule has 7 heteroatoms. The van der Waals surface area contributed by atoms with Gasteiger partial charge in [-0.2, -0.15) is 4.80 Å². The number of anilines is 1. The molecule has 0 radical (unpaired) electrons. The van der Waals surface area contributed by atoms with E-state index in [0.29, 0.717) is 28.2 Å². The molecule has 140 valence electrons. The molecule has 1 aromatic heterocycles. The largest absolute Gasteiger partial charge is 0.325 e. The molecule has 0 saturated carbocycles. The number of amides is 1. The Kier molecular flexibility index (Phi) is 5.08. The van der Waals surface area contributed by atoms with E-state index in [1.807, 2.05) is 49.4 Å². The van der Waals surface area contributed by atoms with Crippen LogP contribution in [0.25, 0.3) is 16.7 Å². The van der Waals surface area contributed by atoms with Crippen molar-refractivity contribution in [2.45, 2.75) is 11.8 Å². The first kappa shape index (κ1) is 18.2. The van der Waals surface area contributed by atoms with Crippen LogP contribution in [0.4, 0.5) is 10.1 Å². The number of carbonyl (C=O) groups is 1. The molecule has 0 bridgehead atoms. The van der Waals surface area contributed by atoms with Crippen LogP contribution in [0.3, 0.4) is 0 Å². The molecule has 0 spiro atoms. The fourth-order valence-electron chi connectivity index (χ4n) is 2.74. The molecule has 1 N–H and O–H groups in total. The number of nitrogens with zero attached hydrogens (tertiary/aromatic N) is 3. The molecule has 0 aliphatic carbocycles. The third-order valence-electron chi connectivity index (χ3n) is 4.17. The summed E-state index contributed by atoms with van der Waals surface area (Å²) in [5, 5.41) is 11.8. The molecule has 3 aromatic carbocycles. The van der Waals surface area contributed by atoms with E-state index in [9.17, 15) is 9.18 Å². The Morgan fingerprint density at radius 3 is 2.43 bits per heavy atom. The monoisotopic (exact) mass is 392 g/mol. The highest BCUT2D eigenvalue weighted by Crippen LogP contribution is 2.23. The summed E-state index contributed by atoms with van der Waals surface area (Å²) in [6.07, 6.45) is 0. The highest BCUT2D eigenvalue weighted by molar-refractivity contribution is 8.00. The first-order valence-electron chi connectivity index (χ1n) is 8.70. The molecule has 4 aromatic rings. The van der Waals surface area contributed by atoms with Gasteiger partial charge in [-0.1, -0.05) is 18.2 Å². The molecular formula is C21H17FN4OS. The first-order chi connectivity index (χ1) is 13.6. The van der Waals surface area contributed by atoms with Crippen molar-refractivity contribution < 1.29 is 9.18 Å². The number of rotatable bonds is 5. The number of nitrogens with one attached hydrogen (secondary N) is 1. The van der Waals surface area contributed by atoms with Crippen LogP contribution in [-0.4, -0.2) is 26.7 Å². The van der Waals surface area contributed by atoms with Gasteiger partial charge in [0, 0.05) is 10.6 Å². The Balaban J connectivity index is 1.52. The van der Waals surface area contributed by atoms with Gasteiger partial charge in [0.05, 0.1) is 11.4 Å². The number of aromatic nitrogens is 3. The topological polar surface area (TPSA) is 59.8 Å². The summed E-state index contributed by atoms with van der Waals surface area (Å²) < 4.78 is 13.1. The Bertz CT molecular complexity index is 1130. The molecule has 0 fully saturated rings. The molecule has 1 heterocycles. The van der Waals surface area contributed by atoms with Crippen molar-refractivity contribution in [2.75, 3.05) is 11.1 Å². The summed E-state index contributed by atoms with van der Waals surface area (Å²) in [6.45, 7) is 1.91. The Morgan fingerprint density at radius 2 is 1.71 bits per heavy atom. The summed E-state index contributed by atoms with van der Waals surface area (Å²) in [5.41, 5.74) is 3.63. The molecule has 1 amide bonds. The zero-order valence-corrected chi connectivity index (χ0v) is 15.9. The molecule has 0 aliphatic rings. The second-order valence-electron chi connectivity index (χ2n) is 6.27. The number of hydrogen-bond acceptors (Lipinski definition) is 4. The third-order valence-corrected chi connectivity index (χ3v) is 5.18. The van der Waals surface area contributed by atoms with Gasteiger partial charge < -0.3 is 5.32 Å². The fraction of sp³-hybridized carbons (Fsp3) is 0.0952. The van der Waals surface area contributed by atoms with Crippen molar-refractivity contribution in [1.82, 2.24) is 15.0 Å². The van der Waals surface area contributed by atoms with Crippen LogP contribution in [0, 0.1) is 12.7 Å². The smallest absolute Gasteiger partial charge is 0.234 e. The van der Waals surface area contributed by atoms with E-state index in [-0.39, 0.29) is 11.7 Å². The Labute approximate surface area is 165 Å². The van der Waals surface area contributed by atoms with Crippen LogP contribution in [-0.2, 0) is 4.79 Å². The van der Waals surface area contributed by atoms with E-state index in [1.54, 1.807) is 12.1 Å². The van der Waals surface area contributed by atoms with Crippen LogP contribution in [0.15, 0.2) is 71.6 Å². The van der Waals surface area contributed by atoms with Crippen molar-refractivity contribution in [3.05, 3.63) is 78.1 Å². The van der Waals surface area contributed by atoms with E-state index in [0.717, 1.165) is 10.5 Å². The highest BCUT2D eigenvalue weighted by Gasteiger charge is 2.11. The van der Waals surface area contributed by atoms with Crippen molar-refractivity contribution in [3.63, 3.8) is 0 Å². The standard InChI is InChI=1S/C21H17FN4OS/c1-14-11-19-20(25-26(24-19)16-9-7-15(22)8-10-16)12-18(14)23-21(27)13-28-17-5-3-2-4-6-17/h2-12H,13H2,1H3,(H,23,27). The third kappa shape index (κ3) is 4.04. The number of carbonyl (C=O) groups excluding carboxylic acids is 1. The molecule has 0 atom stereocenters. The van der Waals surface area contributed by atoms with Gasteiger partial charge in [0.15, 0.2) is 0 Å². The predicted molar refractivity (Wildman–Crippen MR) is 109 cm³/mol. The van der Waals surface area contributed by atoms with E-state index in [2.05, 4.69) is 15.5 Å². The van der Waals surface area contributed by atoms with Gasteiger partial charge in [-0.25, -0.2) is 4.39 Å². The van der Waals surface area contributed by atoms with Gasteiger partial charge in [0.1, 0.15) is 16.9 Å². The van der Waals surface area contributed by atoms with E-state index >= 15 is 0 Å². The molecular weight excluding hydrogens is 375 g/mol. The van der Waals surface area contributed by atoms with E-state index < -0.39 is 0 Å². The van der Waals surface area contributed by atoms with Crippen molar-refractivity contribution in [1.29, 1.82) is 0 Å². The summed E-state index contributed by atoms with van der Waals surface area (Å²) in [5.74, 6) is -0.0686. The Hall–Kier alpha value is -3.19. The number of hydrogen-bond donors (Lipinski definition) is 1. The SMILES string of the molecule is Cc1cc2nn(-c3ccc(F)cc3)nc2cc1NC(=O)CSc1ccccc1. The molecule has 28 heavy (non-hydrogen) atoms. The van der Waals surface area contributed by atoms with Crippen LogP contribution in [0.5, 0.6) is 0 Å². The maximum absolute atomic E-state index is 13.1. The lowest BCUT2D eigenvalue weighted by atomic mass is 10.2. The lowest BCUT2D eigenvalue weighted by molar-refractivity contribution is -0.113. The summed E-state index contributed by atoms with van der Waals surface area (Å²) in [4.78, 5) is 14.8. The highest BCUT2D eigenvalue weighted by atomic mass is 32.2. The van der Waals surface area contributed by atoms with E-state index in [1.165, 1.54) is 28.7 Å². The summed E-state index contributed by atoms with van der Waals surface area (Å²) in [6, 6.07) is 19.4. The first-order valence-corrected chi connectivity index (χ1v) is 9.68. The number of benzene rings is 3. The van der Waals surface area contributed by atoms with E-state index in [4.69, 9.17) is 0 Å². The van der Waals surface area contributed by atoms with Gasteiger partial charge >= 0.3 is 0 Å². The van der Waals surface area contributed by atoms with Crippen LogP contribution in [0.1, 0.15) is 5.56 Å². The zero-order valence-electron chi connectivity index (χ0n) is 15.1.